The molecule has 0 unspecified atom stereocenters. The number of nitrogens with one attached hydrogen (secondary N) is 1. The van der Waals surface area contributed by atoms with Crippen molar-refractivity contribution in [3.05, 3.63) is 28.4 Å². The summed E-state index contributed by atoms with van der Waals surface area (Å²) in [6, 6.07) is 1.58. The minimum atomic E-state index is 0.0418. The fraction of sp³-hybridized carbons (Fsp3) is 0.692. The van der Waals surface area contributed by atoms with Crippen molar-refractivity contribution in [1.82, 2.24) is 14.9 Å². The van der Waals surface area contributed by atoms with Crippen LogP contribution in [-0.4, -0.2) is 22.6 Å². The summed E-state index contributed by atoms with van der Waals surface area (Å²) in [4.78, 5) is 15.7. The van der Waals surface area contributed by atoms with E-state index in [0.29, 0.717) is 6.54 Å². The molecule has 2 rings (SSSR count). The summed E-state index contributed by atoms with van der Waals surface area (Å²) < 4.78 is 1.66. The summed E-state index contributed by atoms with van der Waals surface area (Å²) in [5.74, 6) is 0.850. The lowest BCUT2D eigenvalue weighted by atomic mass is 10.1. The van der Waals surface area contributed by atoms with Gasteiger partial charge in [-0.15, -0.1) is 0 Å². The molecule has 0 aromatic carbocycles. The first-order valence-electron chi connectivity index (χ1n) is 6.49. The van der Waals surface area contributed by atoms with Crippen LogP contribution in [0.25, 0.3) is 0 Å². The van der Waals surface area contributed by atoms with E-state index < -0.39 is 0 Å². The maximum Gasteiger partial charge on any atom is 0.253 e. The highest BCUT2D eigenvalue weighted by molar-refractivity contribution is 4.95. The van der Waals surface area contributed by atoms with Gasteiger partial charge in [-0.2, -0.15) is 0 Å². The molecule has 0 spiro atoms. The van der Waals surface area contributed by atoms with E-state index in [9.17, 15) is 4.79 Å². The standard InChI is InChI=1S/C13H21N3O/c1-11-8-13(17)16(10-15-11)7-6-14-9-12-4-2-3-5-12/h8,10,12,14H,2-7,9H2,1H3. The molecule has 0 bridgehead atoms. The minimum Gasteiger partial charge on any atom is -0.315 e. The van der Waals surface area contributed by atoms with Gasteiger partial charge in [0.25, 0.3) is 5.56 Å². The van der Waals surface area contributed by atoms with E-state index in [-0.39, 0.29) is 5.56 Å². The van der Waals surface area contributed by atoms with Gasteiger partial charge < -0.3 is 5.32 Å². The monoisotopic (exact) mass is 235 g/mol. The predicted molar refractivity (Wildman–Crippen MR) is 68.1 cm³/mol. The molecule has 1 aromatic heterocycles. The Morgan fingerprint density at radius 3 is 2.94 bits per heavy atom. The van der Waals surface area contributed by atoms with Gasteiger partial charge in [-0.1, -0.05) is 12.8 Å². The number of hydrogen-bond donors (Lipinski definition) is 1. The molecule has 0 radical (unpaired) electrons. The van der Waals surface area contributed by atoms with Crippen LogP contribution >= 0.6 is 0 Å². The molecule has 1 aliphatic carbocycles. The Balaban J connectivity index is 1.72. The van der Waals surface area contributed by atoms with Crippen molar-refractivity contribution in [1.29, 1.82) is 0 Å². The molecule has 1 saturated carbocycles. The van der Waals surface area contributed by atoms with Gasteiger partial charge in [0.15, 0.2) is 0 Å². The van der Waals surface area contributed by atoms with Crippen LogP contribution in [0, 0.1) is 12.8 Å². The predicted octanol–water partition coefficient (Wildman–Crippen LogP) is 1.33. The number of hydrogen-bond acceptors (Lipinski definition) is 3. The molecular formula is C13H21N3O. The molecule has 1 fully saturated rings. The smallest absolute Gasteiger partial charge is 0.253 e. The molecule has 4 nitrogen and oxygen atoms in total. The average Bonchev–Trinajstić information content (AvgIpc) is 2.79. The minimum absolute atomic E-state index is 0.0418. The molecule has 4 heteroatoms. The zero-order chi connectivity index (χ0) is 12.1. The largest absolute Gasteiger partial charge is 0.315 e. The topological polar surface area (TPSA) is 46.9 Å². The molecule has 0 amide bonds. The highest BCUT2D eigenvalue weighted by Gasteiger charge is 2.13. The van der Waals surface area contributed by atoms with Gasteiger partial charge in [-0.05, 0) is 32.2 Å². The molecule has 1 aromatic rings. The molecule has 0 saturated heterocycles. The molecule has 17 heavy (non-hydrogen) atoms. The van der Waals surface area contributed by atoms with Crippen molar-refractivity contribution in [3.63, 3.8) is 0 Å². The first kappa shape index (κ1) is 12.3. The number of aryl methyl sites for hydroxylation is 1. The van der Waals surface area contributed by atoms with Crippen LogP contribution in [-0.2, 0) is 6.54 Å². The van der Waals surface area contributed by atoms with E-state index in [1.54, 1.807) is 17.0 Å². The maximum atomic E-state index is 11.6. The number of aromatic nitrogens is 2. The van der Waals surface area contributed by atoms with Crippen molar-refractivity contribution >= 4 is 0 Å². The lowest BCUT2D eigenvalue weighted by Crippen LogP contribution is -2.29. The van der Waals surface area contributed by atoms with Gasteiger partial charge in [-0.25, -0.2) is 4.98 Å². The van der Waals surface area contributed by atoms with Gasteiger partial charge in [0.05, 0.1) is 6.33 Å². The third-order valence-corrected chi connectivity index (χ3v) is 3.45. The lowest BCUT2D eigenvalue weighted by molar-refractivity contribution is 0.472. The Labute approximate surface area is 102 Å². The Morgan fingerprint density at radius 2 is 2.24 bits per heavy atom. The SMILES string of the molecule is Cc1cc(=O)n(CCNCC2CCCC2)cn1. The third kappa shape index (κ3) is 3.66. The lowest BCUT2D eigenvalue weighted by Gasteiger charge is -2.11. The summed E-state index contributed by atoms with van der Waals surface area (Å²) in [7, 11) is 0. The Morgan fingerprint density at radius 1 is 1.47 bits per heavy atom. The second-order valence-corrected chi connectivity index (χ2v) is 4.92. The van der Waals surface area contributed by atoms with Crippen molar-refractivity contribution in [2.75, 3.05) is 13.1 Å². The fourth-order valence-electron chi connectivity index (χ4n) is 2.40. The number of nitrogens with zero attached hydrogens (tertiary/aromatic N) is 2. The van der Waals surface area contributed by atoms with Crippen molar-refractivity contribution in [2.24, 2.45) is 5.92 Å². The highest BCUT2D eigenvalue weighted by Crippen LogP contribution is 2.23. The Kier molecular flexibility index (Phi) is 4.31. The van der Waals surface area contributed by atoms with Crippen molar-refractivity contribution < 1.29 is 0 Å². The van der Waals surface area contributed by atoms with Crippen molar-refractivity contribution in [2.45, 2.75) is 39.2 Å². The second-order valence-electron chi connectivity index (χ2n) is 4.92. The van der Waals surface area contributed by atoms with Crippen LogP contribution in [0.5, 0.6) is 0 Å². The highest BCUT2D eigenvalue weighted by atomic mass is 16.1. The fourth-order valence-corrected chi connectivity index (χ4v) is 2.40. The zero-order valence-corrected chi connectivity index (χ0v) is 10.5. The van der Waals surface area contributed by atoms with Gasteiger partial charge >= 0.3 is 0 Å². The van der Waals surface area contributed by atoms with Gasteiger partial charge in [0.1, 0.15) is 0 Å². The molecule has 94 valence electrons. The average molecular weight is 235 g/mol. The number of rotatable bonds is 5. The third-order valence-electron chi connectivity index (χ3n) is 3.45. The van der Waals surface area contributed by atoms with E-state index in [0.717, 1.165) is 24.7 Å². The Bertz CT molecular complexity index is 407. The summed E-state index contributed by atoms with van der Waals surface area (Å²) in [5, 5.41) is 3.43. The summed E-state index contributed by atoms with van der Waals surface area (Å²) in [6.07, 6.45) is 7.12. The van der Waals surface area contributed by atoms with Crippen LogP contribution in [0.1, 0.15) is 31.4 Å². The van der Waals surface area contributed by atoms with E-state index in [1.807, 2.05) is 6.92 Å². The van der Waals surface area contributed by atoms with Crippen LogP contribution in [0.3, 0.4) is 0 Å². The van der Waals surface area contributed by atoms with Crippen molar-refractivity contribution in [3.8, 4) is 0 Å². The zero-order valence-electron chi connectivity index (χ0n) is 10.5. The van der Waals surface area contributed by atoms with Gasteiger partial charge in [0, 0.05) is 24.8 Å². The molecule has 1 aliphatic rings. The first-order chi connectivity index (χ1) is 8.25. The van der Waals surface area contributed by atoms with E-state index in [1.165, 1.54) is 25.7 Å². The van der Waals surface area contributed by atoms with Crippen LogP contribution < -0.4 is 10.9 Å². The summed E-state index contributed by atoms with van der Waals surface area (Å²) >= 11 is 0. The Hall–Kier alpha value is -1.16. The second kappa shape index (κ2) is 5.96. The molecule has 0 aliphatic heterocycles. The van der Waals surface area contributed by atoms with E-state index >= 15 is 0 Å². The van der Waals surface area contributed by atoms with Crippen LogP contribution in [0.4, 0.5) is 0 Å². The van der Waals surface area contributed by atoms with Crippen LogP contribution in [0.15, 0.2) is 17.2 Å². The normalized spacial score (nSPS) is 16.5. The van der Waals surface area contributed by atoms with Gasteiger partial charge in [-0.3, -0.25) is 9.36 Å². The molecular weight excluding hydrogens is 214 g/mol. The van der Waals surface area contributed by atoms with Crippen LogP contribution in [0.2, 0.25) is 0 Å². The molecule has 0 atom stereocenters. The van der Waals surface area contributed by atoms with E-state index in [2.05, 4.69) is 10.3 Å². The first-order valence-corrected chi connectivity index (χ1v) is 6.49. The summed E-state index contributed by atoms with van der Waals surface area (Å²) in [5.41, 5.74) is 0.824. The van der Waals surface area contributed by atoms with E-state index in [4.69, 9.17) is 0 Å². The van der Waals surface area contributed by atoms with Gasteiger partial charge in [0.2, 0.25) is 0 Å². The molecule has 1 N–H and O–H groups in total. The molecule has 1 heterocycles. The quantitative estimate of drug-likeness (QED) is 0.783. The summed E-state index contributed by atoms with van der Waals surface area (Å²) in [6.45, 7) is 4.48. The maximum absolute atomic E-state index is 11.6.